The van der Waals surface area contributed by atoms with Crippen LogP contribution in [0.2, 0.25) is 0 Å². The average Bonchev–Trinajstić information content (AvgIpc) is 2.59. The Morgan fingerprint density at radius 2 is 2.36 bits per heavy atom. The van der Waals surface area contributed by atoms with Crippen molar-refractivity contribution < 1.29 is 4.79 Å². The maximum atomic E-state index is 10.2. The van der Waals surface area contributed by atoms with Crippen LogP contribution in [0.5, 0.6) is 0 Å². The zero-order valence-corrected chi connectivity index (χ0v) is 7.42. The highest BCUT2D eigenvalue weighted by Gasteiger charge is 2.04. The number of nitrogen functional groups attached to an aromatic ring is 1. The van der Waals surface area contributed by atoms with Crippen molar-refractivity contribution in [3.05, 3.63) is 12.5 Å². The standard InChI is InChI=1S/C8H9N5O/c9-7-6-4-13(2-1-3-14)12-8(6)11-5-10-7/h3-5H,1-2H2,(H2,9,10,11,12). The lowest BCUT2D eigenvalue weighted by Crippen LogP contribution is -1.98. The maximum Gasteiger partial charge on any atom is 0.186 e. The summed E-state index contributed by atoms with van der Waals surface area (Å²) < 4.78 is 1.64. The van der Waals surface area contributed by atoms with Crippen LogP contribution >= 0.6 is 0 Å². The third-order valence-electron chi connectivity index (χ3n) is 1.87. The number of anilines is 1. The van der Waals surface area contributed by atoms with E-state index in [4.69, 9.17) is 5.73 Å². The summed E-state index contributed by atoms with van der Waals surface area (Å²) in [6, 6.07) is 0. The van der Waals surface area contributed by atoms with Crippen LogP contribution < -0.4 is 5.73 Å². The number of aromatic nitrogens is 4. The number of hydrogen-bond donors (Lipinski definition) is 1. The number of carbonyl (C=O) groups excluding carboxylic acids is 1. The lowest BCUT2D eigenvalue weighted by atomic mass is 10.4. The van der Waals surface area contributed by atoms with Crippen molar-refractivity contribution >= 4 is 23.1 Å². The van der Waals surface area contributed by atoms with Crippen molar-refractivity contribution in [2.75, 3.05) is 5.73 Å². The monoisotopic (exact) mass is 191 g/mol. The van der Waals surface area contributed by atoms with Crippen LogP contribution in [0.3, 0.4) is 0 Å². The molecule has 0 bridgehead atoms. The Morgan fingerprint density at radius 1 is 1.50 bits per heavy atom. The van der Waals surface area contributed by atoms with Crippen LogP contribution in [0.4, 0.5) is 5.82 Å². The van der Waals surface area contributed by atoms with Crippen LogP contribution in [0, 0.1) is 0 Å². The number of hydrogen-bond acceptors (Lipinski definition) is 5. The molecule has 0 atom stereocenters. The second kappa shape index (κ2) is 3.41. The van der Waals surface area contributed by atoms with E-state index in [1.807, 2.05) is 0 Å². The topological polar surface area (TPSA) is 86.7 Å². The van der Waals surface area contributed by atoms with E-state index in [1.165, 1.54) is 6.33 Å². The molecule has 0 aliphatic carbocycles. The largest absolute Gasteiger partial charge is 0.383 e. The van der Waals surface area contributed by atoms with E-state index in [0.29, 0.717) is 24.4 Å². The Balaban J connectivity index is 2.41. The van der Waals surface area contributed by atoms with E-state index in [0.717, 1.165) is 11.7 Å². The van der Waals surface area contributed by atoms with Gasteiger partial charge in [0.05, 0.1) is 5.39 Å². The summed E-state index contributed by atoms with van der Waals surface area (Å²) in [7, 11) is 0. The number of nitrogens with zero attached hydrogens (tertiary/aromatic N) is 4. The summed E-state index contributed by atoms with van der Waals surface area (Å²) >= 11 is 0. The Bertz CT molecular complexity index is 464. The second-order valence-corrected chi connectivity index (χ2v) is 2.84. The molecule has 0 aliphatic rings. The van der Waals surface area contributed by atoms with Crippen molar-refractivity contribution in [1.82, 2.24) is 19.7 Å². The Hall–Kier alpha value is -1.98. The molecule has 0 saturated carbocycles. The van der Waals surface area contributed by atoms with E-state index >= 15 is 0 Å². The van der Waals surface area contributed by atoms with Crippen LogP contribution in [0.25, 0.3) is 11.0 Å². The van der Waals surface area contributed by atoms with Gasteiger partial charge in [0.1, 0.15) is 18.4 Å². The summed E-state index contributed by atoms with van der Waals surface area (Å²) in [4.78, 5) is 18.0. The third-order valence-corrected chi connectivity index (χ3v) is 1.87. The van der Waals surface area contributed by atoms with Crippen molar-refractivity contribution in [2.45, 2.75) is 13.0 Å². The van der Waals surface area contributed by atoms with Gasteiger partial charge >= 0.3 is 0 Å². The minimum absolute atomic E-state index is 0.410. The molecular weight excluding hydrogens is 182 g/mol. The van der Waals surface area contributed by atoms with Gasteiger partial charge in [0.15, 0.2) is 5.65 Å². The van der Waals surface area contributed by atoms with Gasteiger partial charge in [-0.25, -0.2) is 9.97 Å². The number of fused-ring (bicyclic) bond motifs is 1. The first-order chi connectivity index (χ1) is 6.81. The number of aldehydes is 1. The molecule has 2 aromatic heterocycles. The second-order valence-electron chi connectivity index (χ2n) is 2.84. The predicted octanol–water partition coefficient (Wildman–Crippen LogP) is -0.00250. The molecule has 0 amide bonds. The molecule has 14 heavy (non-hydrogen) atoms. The van der Waals surface area contributed by atoms with E-state index in [-0.39, 0.29) is 0 Å². The normalized spacial score (nSPS) is 10.6. The Labute approximate surface area is 79.8 Å². The van der Waals surface area contributed by atoms with Crippen molar-refractivity contribution in [3.8, 4) is 0 Å². The summed E-state index contributed by atoms with van der Waals surface area (Å²) in [5.41, 5.74) is 6.18. The smallest absolute Gasteiger partial charge is 0.186 e. The quantitative estimate of drug-likeness (QED) is 0.690. The summed E-state index contributed by atoms with van der Waals surface area (Å²) in [5.74, 6) is 0.410. The maximum absolute atomic E-state index is 10.2. The zero-order valence-electron chi connectivity index (χ0n) is 7.42. The highest BCUT2D eigenvalue weighted by Crippen LogP contribution is 2.13. The molecule has 0 fully saturated rings. The summed E-state index contributed by atoms with van der Waals surface area (Å²) in [5, 5.41) is 4.86. The highest BCUT2D eigenvalue weighted by molar-refractivity contribution is 5.84. The third kappa shape index (κ3) is 1.41. The molecule has 0 saturated heterocycles. The Morgan fingerprint density at radius 3 is 3.07 bits per heavy atom. The van der Waals surface area contributed by atoms with E-state index in [1.54, 1.807) is 10.9 Å². The number of rotatable bonds is 3. The fourth-order valence-corrected chi connectivity index (χ4v) is 1.20. The fraction of sp³-hybridized carbons (Fsp3) is 0.250. The van der Waals surface area contributed by atoms with E-state index in [2.05, 4.69) is 15.1 Å². The zero-order chi connectivity index (χ0) is 9.97. The molecule has 6 nitrogen and oxygen atoms in total. The van der Waals surface area contributed by atoms with Gasteiger partial charge in [0, 0.05) is 19.2 Å². The average molecular weight is 191 g/mol. The van der Waals surface area contributed by atoms with Gasteiger partial charge in [0.2, 0.25) is 0 Å². The molecule has 2 N–H and O–H groups in total. The van der Waals surface area contributed by atoms with Crippen LogP contribution in [0.15, 0.2) is 12.5 Å². The SMILES string of the molecule is Nc1ncnc2nn(CCC=O)cc12. The minimum atomic E-state index is 0.410. The van der Waals surface area contributed by atoms with Gasteiger partial charge in [-0.1, -0.05) is 0 Å². The lowest BCUT2D eigenvalue weighted by Gasteiger charge is -1.92. The van der Waals surface area contributed by atoms with Gasteiger partial charge in [0.25, 0.3) is 0 Å². The highest BCUT2D eigenvalue weighted by atomic mass is 16.1. The minimum Gasteiger partial charge on any atom is -0.383 e. The first kappa shape index (κ1) is 8.61. The van der Waals surface area contributed by atoms with Crippen LogP contribution in [-0.2, 0) is 11.3 Å². The van der Waals surface area contributed by atoms with Crippen molar-refractivity contribution in [1.29, 1.82) is 0 Å². The molecular formula is C8H9N5O. The van der Waals surface area contributed by atoms with Gasteiger partial charge in [-0.3, -0.25) is 4.68 Å². The summed E-state index contributed by atoms with van der Waals surface area (Å²) in [6.45, 7) is 0.541. The molecule has 0 aromatic carbocycles. The summed E-state index contributed by atoms with van der Waals surface area (Å²) in [6.07, 6.45) is 4.39. The number of carbonyl (C=O) groups is 1. The lowest BCUT2D eigenvalue weighted by molar-refractivity contribution is -0.108. The predicted molar refractivity (Wildman–Crippen MR) is 50.4 cm³/mol. The van der Waals surface area contributed by atoms with E-state index < -0.39 is 0 Å². The molecule has 2 aromatic rings. The molecule has 2 heterocycles. The van der Waals surface area contributed by atoms with Crippen LogP contribution in [0.1, 0.15) is 6.42 Å². The van der Waals surface area contributed by atoms with Gasteiger partial charge in [-0.15, -0.1) is 0 Å². The Kier molecular flexibility index (Phi) is 2.10. The van der Waals surface area contributed by atoms with Gasteiger partial charge < -0.3 is 10.5 Å². The molecule has 6 heteroatoms. The molecule has 0 unspecified atom stereocenters. The number of nitrogens with two attached hydrogens (primary N) is 1. The number of aryl methyl sites for hydroxylation is 1. The van der Waals surface area contributed by atoms with Gasteiger partial charge in [-0.2, -0.15) is 5.10 Å². The van der Waals surface area contributed by atoms with Crippen molar-refractivity contribution in [3.63, 3.8) is 0 Å². The molecule has 2 rings (SSSR count). The first-order valence-electron chi connectivity index (χ1n) is 4.18. The molecule has 0 spiro atoms. The fourth-order valence-electron chi connectivity index (χ4n) is 1.20. The molecule has 72 valence electrons. The molecule has 0 aliphatic heterocycles. The molecule has 0 radical (unpaired) electrons. The van der Waals surface area contributed by atoms with Crippen molar-refractivity contribution in [2.24, 2.45) is 0 Å². The van der Waals surface area contributed by atoms with Gasteiger partial charge in [-0.05, 0) is 0 Å². The van der Waals surface area contributed by atoms with E-state index in [9.17, 15) is 4.79 Å². The first-order valence-corrected chi connectivity index (χ1v) is 4.18. The van der Waals surface area contributed by atoms with Crippen LogP contribution in [-0.4, -0.2) is 26.0 Å².